The minimum absolute atomic E-state index is 0.393. The van der Waals surface area contributed by atoms with Crippen LogP contribution in [0.25, 0.3) is 38.8 Å². The summed E-state index contributed by atoms with van der Waals surface area (Å²) in [6.07, 6.45) is 1.96. The van der Waals surface area contributed by atoms with Gasteiger partial charge >= 0.3 is 0 Å². The van der Waals surface area contributed by atoms with E-state index in [0.29, 0.717) is 5.92 Å². The first-order valence-corrected chi connectivity index (χ1v) is 19.6. The predicted octanol–water partition coefficient (Wildman–Crippen LogP) is 12.9. The van der Waals surface area contributed by atoms with Crippen LogP contribution in [-0.2, 0) is 5.41 Å². The van der Waals surface area contributed by atoms with Crippen LogP contribution in [0.5, 0.6) is 0 Å². The van der Waals surface area contributed by atoms with Crippen LogP contribution in [0, 0.1) is 0 Å². The number of pyridine rings is 1. The molecule has 0 unspecified atom stereocenters. The quantitative estimate of drug-likeness (QED) is 0.171. The fourth-order valence-electron chi connectivity index (χ4n) is 9.56. The first kappa shape index (κ1) is 32.5. The van der Waals surface area contributed by atoms with E-state index in [9.17, 15) is 0 Å². The van der Waals surface area contributed by atoms with Crippen molar-refractivity contribution in [2.45, 2.75) is 25.2 Å². The van der Waals surface area contributed by atoms with Gasteiger partial charge in [-0.15, -0.1) is 0 Å². The Labute approximate surface area is 327 Å². The third-order valence-corrected chi connectivity index (χ3v) is 12.1. The maximum absolute atomic E-state index is 4.99. The molecule has 2 aromatic heterocycles. The van der Waals surface area contributed by atoms with Gasteiger partial charge in [0.05, 0.1) is 27.8 Å². The molecule has 0 saturated carbocycles. The highest BCUT2D eigenvalue weighted by molar-refractivity contribution is 6.09. The number of anilines is 4. The maximum atomic E-state index is 4.99. The van der Waals surface area contributed by atoms with Crippen LogP contribution < -0.4 is 9.80 Å². The average Bonchev–Trinajstić information content (AvgIpc) is 3.91. The Bertz CT molecular complexity index is 2910. The van der Waals surface area contributed by atoms with Crippen LogP contribution in [0.4, 0.5) is 22.7 Å². The molecule has 0 saturated heterocycles. The van der Waals surface area contributed by atoms with Gasteiger partial charge < -0.3 is 9.80 Å². The van der Waals surface area contributed by atoms with E-state index in [2.05, 4.69) is 210 Å². The molecule has 1 aliphatic carbocycles. The zero-order valence-corrected chi connectivity index (χ0v) is 31.5. The fourth-order valence-corrected chi connectivity index (χ4v) is 9.56. The molecule has 2 aliphatic rings. The van der Waals surface area contributed by atoms with Gasteiger partial charge in [0.15, 0.2) is 0 Å². The summed E-state index contributed by atoms with van der Waals surface area (Å²) in [5.41, 5.74) is 15.4. The van der Waals surface area contributed by atoms with Gasteiger partial charge in [0.1, 0.15) is 12.5 Å². The Balaban J connectivity index is 1.17. The largest absolute Gasteiger partial charge is 0.321 e. The molecule has 4 heteroatoms. The molecular weight excluding hydrogens is 681 g/mol. The van der Waals surface area contributed by atoms with Crippen LogP contribution in [0.3, 0.4) is 0 Å². The molecule has 0 N–H and O–H groups in total. The molecule has 4 nitrogen and oxygen atoms in total. The lowest BCUT2D eigenvalue weighted by molar-refractivity contribution is 0.768. The Morgan fingerprint density at radius 1 is 0.500 bits per heavy atom. The molecule has 7 aromatic carbocycles. The van der Waals surface area contributed by atoms with E-state index in [1.807, 2.05) is 6.20 Å². The van der Waals surface area contributed by atoms with E-state index < -0.39 is 5.41 Å². The summed E-state index contributed by atoms with van der Waals surface area (Å²) in [5.74, 6) is 1.34. The first-order chi connectivity index (χ1) is 27.6. The summed E-state index contributed by atoms with van der Waals surface area (Å²) in [4.78, 5) is 9.86. The van der Waals surface area contributed by atoms with Gasteiger partial charge in [0.25, 0.3) is 0 Å². The molecule has 0 fully saturated rings. The molecule has 268 valence electrons. The minimum Gasteiger partial charge on any atom is -0.321 e. The Hall–Kier alpha value is -6.91. The second-order valence-corrected chi connectivity index (χ2v) is 15.4. The van der Waals surface area contributed by atoms with Crippen LogP contribution in [0.1, 0.15) is 47.6 Å². The van der Waals surface area contributed by atoms with E-state index in [4.69, 9.17) is 4.98 Å². The topological polar surface area (TPSA) is 24.3 Å². The Morgan fingerprint density at radius 2 is 1.11 bits per heavy atom. The molecule has 0 radical (unpaired) electrons. The maximum Gasteiger partial charge on any atom is 0.137 e. The highest BCUT2D eigenvalue weighted by Crippen LogP contribution is 2.57. The zero-order chi connectivity index (χ0) is 37.4. The van der Waals surface area contributed by atoms with Crippen LogP contribution in [0.15, 0.2) is 188 Å². The highest BCUT2D eigenvalue weighted by Gasteiger charge is 2.46. The van der Waals surface area contributed by atoms with Crippen molar-refractivity contribution in [1.82, 2.24) is 9.55 Å². The van der Waals surface area contributed by atoms with Crippen LogP contribution in [-0.4, -0.2) is 16.2 Å². The Kier molecular flexibility index (Phi) is 7.30. The fraction of sp³-hybridized carbons (Fsp3) is 0.0962. The van der Waals surface area contributed by atoms with Gasteiger partial charge in [-0.1, -0.05) is 135 Å². The molecule has 3 heterocycles. The number of benzene rings is 7. The van der Waals surface area contributed by atoms with E-state index in [1.54, 1.807) is 0 Å². The summed E-state index contributed by atoms with van der Waals surface area (Å²) in [7, 11) is 0. The summed E-state index contributed by atoms with van der Waals surface area (Å²) < 4.78 is 2.37. The predicted molar refractivity (Wildman–Crippen MR) is 232 cm³/mol. The molecule has 56 heavy (non-hydrogen) atoms. The van der Waals surface area contributed by atoms with Crippen molar-refractivity contribution < 1.29 is 0 Å². The normalized spacial score (nSPS) is 14.1. The third-order valence-electron chi connectivity index (χ3n) is 12.1. The van der Waals surface area contributed by atoms with Gasteiger partial charge in [-0.05, 0) is 106 Å². The summed E-state index contributed by atoms with van der Waals surface area (Å²) in [6, 6.07) is 67.1. The van der Waals surface area contributed by atoms with Crippen molar-refractivity contribution in [2.75, 3.05) is 16.5 Å². The average molecular weight is 721 g/mol. The van der Waals surface area contributed by atoms with Crippen molar-refractivity contribution in [2.24, 2.45) is 0 Å². The van der Waals surface area contributed by atoms with Crippen molar-refractivity contribution in [3.05, 3.63) is 216 Å². The number of hydrogen-bond donors (Lipinski definition) is 0. The number of nitrogens with zero attached hydrogens (tertiary/aromatic N) is 4. The molecule has 9 aromatic rings. The van der Waals surface area contributed by atoms with Crippen molar-refractivity contribution in [3.63, 3.8) is 0 Å². The lowest BCUT2D eigenvalue weighted by Crippen LogP contribution is -2.29. The van der Waals surface area contributed by atoms with Gasteiger partial charge in [-0.2, -0.15) is 0 Å². The molecule has 0 bridgehead atoms. The summed E-state index contributed by atoms with van der Waals surface area (Å²) in [5, 5.41) is 2.45. The van der Waals surface area contributed by atoms with Gasteiger partial charge in [-0.25, -0.2) is 4.98 Å². The van der Waals surface area contributed by atoms with Gasteiger partial charge in [-0.3, -0.25) is 4.57 Å². The second-order valence-electron chi connectivity index (χ2n) is 15.4. The standard InChI is InChI=1S/C52H40N4/c1-35(2)36-29-30-53-51(31-36)56-47-24-11-8-21-43(47)44-28-27-38(33-50(44)56)52(45-22-9-6-19-41(45)42-20-7-10-23-46(42)52)37-15-14-18-40(32-37)55-34-54(39-16-4-3-5-17-39)48-25-12-13-26-49(48)55/h3-33,35H,34H2,1-2H3. The molecule has 1 aliphatic heterocycles. The number of hydrogen-bond acceptors (Lipinski definition) is 3. The molecule has 11 rings (SSSR count). The lowest BCUT2D eigenvalue weighted by Gasteiger charge is -2.35. The Morgan fingerprint density at radius 3 is 1.86 bits per heavy atom. The lowest BCUT2D eigenvalue weighted by atomic mass is 9.67. The molecule has 0 spiro atoms. The van der Waals surface area contributed by atoms with Crippen LogP contribution >= 0.6 is 0 Å². The highest BCUT2D eigenvalue weighted by atomic mass is 15.4. The van der Waals surface area contributed by atoms with Gasteiger partial charge in [0.2, 0.25) is 0 Å². The van der Waals surface area contributed by atoms with Crippen molar-refractivity contribution in [1.29, 1.82) is 0 Å². The molecule has 0 amide bonds. The van der Waals surface area contributed by atoms with Crippen molar-refractivity contribution in [3.8, 4) is 16.9 Å². The summed E-state index contributed by atoms with van der Waals surface area (Å²) >= 11 is 0. The monoisotopic (exact) mass is 720 g/mol. The first-order valence-electron chi connectivity index (χ1n) is 19.6. The number of aromatic nitrogens is 2. The number of rotatable bonds is 6. The van der Waals surface area contributed by atoms with E-state index in [-0.39, 0.29) is 0 Å². The zero-order valence-electron chi connectivity index (χ0n) is 31.5. The van der Waals surface area contributed by atoms with Crippen molar-refractivity contribution >= 4 is 44.6 Å². The second kappa shape index (κ2) is 12.6. The van der Waals surface area contributed by atoms with Gasteiger partial charge in [0, 0.05) is 28.3 Å². The smallest absolute Gasteiger partial charge is 0.137 e. The van der Waals surface area contributed by atoms with Crippen LogP contribution in [0.2, 0.25) is 0 Å². The van der Waals surface area contributed by atoms with E-state index >= 15 is 0 Å². The number of para-hydroxylation sites is 4. The molecule has 0 atom stereocenters. The van der Waals surface area contributed by atoms with E-state index in [1.165, 1.54) is 72.5 Å². The minimum atomic E-state index is -0.579. The third kappa shape index (κ3) is 4.69. The number of fused-ring (bicyclic) bond motifs is 7. The summed E-state index contributed by atoms with van der Waals surface area (Å²) in [6.45, 7) is 5.22. The SMILES string of the molecule is CC(C)c1ccnc(-n2c3ccccc3c3ccc(C4(c5cccc(N6CN(c7ccccc7)c7ccccc76)c5)c5ccccc5-c5ccccc54)cc32)c1. The van der Waals surface area contributed by atoms with E-state index in [0.717, 1.165) is 23.5 Å². The molecular formula is C52H40N4.